The summed E-state index contributed by atoms with van der Waals surface area (Å²) in [5.74, 6) is 0. The Morgan fingerprint density at radius 1 is 0.376 bits per heavy atom. The third kappa shape index (κ3) is 10.1. The van der Waals surface area contributed by atoms with Gasteiger partial charge in [0.2, 0.25) is 0 Å². The minimum Gasteiger partial charge on any atom is -0.324 e. The van der Waals surface area contributed by atoms with Gasteiger partial charge in [-0.1, -0.05) is 253 Å². The van der Waals surface area contributed by atoms with E-state index in [-0.39, 0.29) is 10.8 Å². The zero-order chi connectivity index (χ0) is 64.0. The van der Waals surface area contributed by atoms with Gasteiger partial charge in [-0.2, -0.15) is 0 Å². The number of hydrogen-bond donors (Lipinski definition) is 0. The molecule has 0 saturated heterocycles. The van der Waals surface area contributed by atoms with Gasteiger partial charge in [-0.15, -0.1) is 0 Å². The molecule has 4 nitrogen and oxygen atoms in total. The van der Waals surface area contributed by atoms with Crippen LogP contribution in [0.25, 0.3) is 105 Å². The molecule has 4 heterocycles. The molecule has 0 radical (unpaired) electrons. The Balaban J connectivity index is 1.14. The van der Waals surface area contributed by atoms with Gasteiger partial charge in [0.15, 0.2) is 0 Å². The van der Waals surface area contributed by atoms with Gasteiger partial charge >= 0.3 is 7.40 Å². The quantitative estimate of drug-likeness (QED) is 0.115. The van der Waals surface area contributed by atoms with Gasteiger partial charge in [-0.05, 0) is 148 Å². The Bertz CT molecular complexity index is 5320. The smallest absolute Gasteiger partial charge is 0.324 e. The fraction of sp³-hybridized carbons (Fsp3) is 0.128. The maximum absolute atomic E-state index is 18.3. The summed E-state index contributed by atoms with van der Waals surface area (Å²) in [7, 11) is -3.04. The third-order valence-corrected chi connectivity index (χ3v) is 18.9. The van der Waals surface area contributed by atoms with E-state index in [0.717, 1.165) is 127 Å². The number of allylic oxidation sites excluding steroid dienone is 2. The molecular formula is C86H71BF2N4. The molecule has 7 heteroatoms. The summed E-state index contributed by atoms with van der Waals surface area (Å²) in [5, 5.41) is 4.29. The zero-order valence-corrected chi connectivity index (χ0v) is 54.0. The second kappa shape index (κ2) is 22.9. The fourth-order valence-electron chi connectivity index (χ4n) is 14.6. The highest BCUT2D eigenvalue weighted by molar-refractivity contribution is 6.45. The number of halogens is 2. The van der Waals surface area contributed by atoms with Crippen LogP contribution in [0.4, 0.5) is 8.63 Å². The molecule has 0 atom stereocenters. The van der Waals surface area contributed by atoms with E-state index in [4.69, 9.17) is 4.99 Å². The molecule has 1 aliphatic rings. The maximum atomic E-state index is 18.3. The second-order valence-electron chi connectivity index (χ2n) is 27.0. The lowest BCUT2D eigenvalue weighted by atomic mass is 9.82. The van der Waals surface area contributed by atoms with Crippen molar-refractivity contribution in [3.8, 4) is 44.9 Å². The average Bonchev–Trinajstić information content (AvgIpc) is 1.63. The van der Waals surface area contributed by atoms with E-state index in [1.165, 1.54) is 10.0 Å². The number of nitrogens with zero attached hydrogens (tertiary/aromatic N) is 4. The number of para-hydroxylation sites is 4. The largest absolute Gasteiger partial charge is 0.678 e. The molecule has 93 heavy (non-hydrogen) atoms. The van der Waals surface area contributed by atoms with E-state index in [9.17, 15) is 0 Å². The lowest BCUT2D eigenvalue weighted by molar-refractivity contribution is 0.590. The molecule has 3 aromatic heterocycles. The lowest BCUT2D eigenvalue weighted by Gasteiger charge is -2.23. The lowest BCUT2D eigenvalue weighted by Crippen LogP contribution is -2.19. The monoisotopic (exact) mass is 1210 g/mol. The summed E-state index contributed by atoms with van der Waals surface area (Å²) in [6, 6.07) is 93.8. The van der Waals surface area contributed by atoms with Crippen molar-refractivity contribution < 1.29 is 8.63 Å². The first-order chi connectivity index (χ1) is 45.0. The van der Waals surface area contributed by atoms with Crippen molar-refractivity contribution in [3.05, 3.63) is 328 Å². The van der Waals surface area contributed by atoms with Gasteiger partial charge in [0.05, 0.1) is 39.2 Å². The van der Waals surface area contributed by atoms with Gasteiger partial charge < -0.3 is 13.6 Å². The molecule has 1 aliphatic heterocycles. The van der Waals surface area contributed by atoms with Crippen molar-refractivity contribution in [2.24, 2.45) is 4.99 Å². The Hall–Kier alpha value is -10.6. The standard InChI is InChI=1S/C86H71BF2N4/c1-54-50-55(2)75(56(3)51-54)80(82-76(57-26-14-10-15-27-57)77(81(90-82)59-38-44-63(45-39-59)85(4,5)6)61-42-48-73-69(52-61)67-34-22-24-36-71(67)91(73)65-30-18-12-19-31-65)84-78(58-28-16-11-17-29-58)79(83(93(84)87(88)89)60-40-46-64(47-41-60)86(7,8)9)62-43-49-74-70(53-62)68-35-23-25-37-72(68)92(74)66-32-20-13-21-33-66/h10-53H,1-9H3/b82-80-. The van der Waals surface area contributed by atoms with Crippen molar-refractivity contribution in [1.29, 1.82) is 0 Å². The van der Waals surface area contributed by atoms with E-state index in [1.807, 2.05) is 30.3 Å². The summed E-state index contributed by atoms with van der Waals surface area (Å²) >= 11 is 0. The van der Waals surface area contributed by atoms with E-state index in [0.29, 0.717) is 39.3 Å². The molecule has 0 aliphatic carbocycles. The number of fused-ring (bicyclic) bond motifs is 6. The van der Waals surface area contributed by atoms with Gasteiger partial charge in [-0.3, -0.25) is 8.63 Å². The second-order valence-corrected chi connectivity index (χ2v) is 27.0. The van der Waals surface area contributed by atoms with Crippen LogP contribution in [0.15, 0.2) is 278 Å². The molecule has 0 bridgehead atoms. The molecule has 0 amide bonds. The zero-order valence-electron chi connectivity index (χ0n) is 54.0. The first kappa shape index (κ1) is 58.7. The van der Waals surface area contributed by atoms with Crippen molar-refractivity contribution in [2.45, 2.75) is 73.1 Å². The van der Waals surface area contributed by atoms with Crippen molar-refractivity contribution in [2.75, 3.05) is 0 Å². The van der Waals surface area contributed by atoms with Crippen LogP contribution in [0.3, 0.4) is 0 Å². The number of aliphatic imine (C=N–C) groups is 1. The SMILES string of the molecule is Cc1cc(C)c(/C(=C2/N=C(c3ccc(C(C)(C)C)cc3)C(c3ccc4c(c3)c3ccccc3n4-c3ccccc3)=C2c2ccccc2)c2c(-c3ccccc3)c(-c3ccc4c(c3)c3ccccc3n4-c3ccccc3)c(-c3ccc(C(C)(C)C)cc3)n2B(F)F)c(C)c1. The minimum atomic E-state index is -3.04. The highest BCUT2D eigenvalue weighted by Crippen LogP contribution is 2.55. The molecule has 0 N–H and O–H groups in total. The number of rotatable bonds is 11. The van der Waals surface area contributed by atoms with E-state index in [1.54, 1.807) is 0 Å². The molecule has 15 rings (SSSR count). The third-order valence-electron chi connectivity index (χ3n) is 18.9. The summed E-state index contributed by atoms with van der Waals surface area (Å²) in [6.07, 6.45) is 0. The Labute approximate surface area is 544 Å². The average molecular weight is 1210 g/mol. The van der Waals surface area contributed by atoms with E-state index >= 15 is 8.63 Å². The first-order valence-electron chi connectivity index (χ1n) is 32.3. The van der Waals surface area contributed by atoms with Crippen LogP contribution in [-0.4, -0.2) is 26.7 Å². The van der Waals surface area contributed by atoms with Crippen LogP contribution < -0.4 is 0 Å². The van der Waals surface area contributed by atoms with Gasteiger partial charge in [-0.25, -0.2) is 4.99 Å². The Morgan fingerprint density at radius 3 is 1.29 bits per heavy atom. The molecule has 0 unspecified atom stereocenters. The fourth-order valence-corrected chi connectivity index (χ4v) is 14.6. The first-order valence-corrected chi connectivity index (χ1v) is 32.3. The van der Waals surface area contributed by atoms with Crippen molar-refractivity contribution >= 4 is 73.4 Å². The van der Waals surface area contributed by atoms with Crippen molar-refractivity contribution in [1.82, 2.24) is 13.6 Å². The Morgan fingerprint density at radius 2 is 0.796 bits per heavy atom. The molecule has 14 aromatic rings. The van der Waals surface area contributed by atoms with Crippen LogP contribution in [0, 0.1) is 20.8 Å². The molecule has 0 fully saturated rings. The van der Waals surface area contributed by atoms with Crippen molar-refractivity contribution in [3.63, 3.8) is 0 Å². The molecule has 452 valence electrons. The predicted octanol–water partition coefficient (Wildman–Crippen LogP) is 22.8. The number of aryl methyl sites for hydroxylation is 3. The van der Waals surface area contributed by atoms with E-state index < -0.39 is 7.40 Å². The minimum absolute atomic E-state index is 0.124. The topological polar surface area (TPSA) is 27.1 Å². The normalized spacial score (nSPS) is 13.5. The number of hydrogen-bond acceptors (Lipinski definition) is 1. The van der Waals surface area contributed by atoms with Gasteiger partial charge in [0, 0.05) is 72.0 Å². The summed E-state index contributed by atoms with van der Waals surface area (Å²) < 4.78 is 42.6. The molecule has 0 spiro atoms. The van der Waals surface area contributed by atoms with E-state index in [2.05, 4.69) is 308 Å². The summed E-state index contributed by atoms with van der Waals surface area (Å²) in [4.78, 5) is 6.14. The highest BCUT2D eigenvalue weighted by Gasteiger charge is 2.40. The predicted molar refractivity (Wildman–Crippen MR) is 390 cm³/mol. The summed E-state index contributed by atoms with van der Waals surface area (Å²) in [6.45, 7) is 19.6. The molecular weight excluding hydrogens is 1140 g/mol. The Kier molecular flexibility index (Phi) is 14.5. The maximum Gasteiger partial charge on any atom is 0.678 e. The van der Waals surface area contributed by atoms with Gasteiger partial charge in [0.25, 0.3) is 0 Å². The van der Waals surface area contributed by atoms with Crippen LogP contribution in [0.2, 0.25) is 0 Å². The van der Waals surface area contributed by atoms with Crippen LogP contribution in [0.5, 0.6) is 0 Å². The van der Waals surface area contributed by atoms with Gasteiger partial charge in [0.1, 0.15) is 0 Å². The summed E-state index contributed by atoms with van der Waals surface area (Å²) in [5.41, 5.74) is 23.1. The molecule has 0 saturated carbocycles. The number of aromatic nitrogens is 3. The highest BCUT2D eigenvalue weighted by atomic mass is 19.2. The van der Waals surface area contributed by atoms with Crippen LogP contribution in [0.1, 0.15) is 97.3 Å². The van der Waals surface area contributed by atoms with Crippen LogP contribution in [-0.2, 0) is 10.8 Å². The molecule has 11 aromatic carbocycles. The number of benzene rings is 11. The van der Waals surface area contributed by atoms with Crippen LogP contribution >= 0.6 is 0 Å².